The summed E-state index contributed by atoms with van der Waals surface area (Å²) in [6.07, 6.45) is 3.09. The van der Waals surface area contributed by atoms with Crippen molar-refractivity contribution < 1.29 is 4.21 Å². The largest absolute Gasteiger partial charge is 0.369 e. The van der Waals surface area contributed by atoms with E-state index in [-0.39, 0.29) is 0 Å². The second-order valence-corrected chi connectivity index (χ2v) is 4.60. The Morgan fingerprint density at radius 2 is 2.13 bits per heavy atom. The van der Waals surface area contributed by atoms with Crippen molar-refractivity contribution in [3.63, 3.8) is 0 Å². The highest BCUT2D eigenvalue weighted by atomic mass is 32.2. The first kappa shape index (κ1) is 11.9. The molecule has 0 saturated carbocycles. The van der Waals surface area contributed by atoms with Crippen molar-refractivity contribution in [2.45, 2.75) is 6.92 Å². The van der Waals surface area contributed by atoms with Gasteiger partial charge >= 0.3 is 0 Å². The Labute approximate surface area is 91.1 Å². The maximum atomic E-state index is 10.8. The Hall–Kier alpha value is -1.21. The minimum absolute atomic E-state index is 0.588. The Morgan fingerprint density at radius 3 is 2.73 bits per heavy atom. The smallest absolute Gasteiger partial charge is 0.148 e. The third kappa shape index (κ3) is 3.45. The minimum Gasteiger partial charge on any atom is -0.369 e. The quantitative estimate of drug-likeness (QED) is 0.481. The lowest BCUT2D eigenvalue weighted by atomic mass is 10.3. The molecule has 1 heterocycles. The zero-order valence-corrected chi connectivity index (χ0v) is 9.60. The van der Waals surface area contributed by atoms with E-state index >= 15 is 0 Å². The fraction of sp³-hybridized carbons (Fsp3) is 0.500. The second kappa shape index (κ2) is 5.62. The number of hydrogen-bond donors (Lipinski definition) is 3. The molecule has 1 aromatic heterocycles. The summed E-state index contributed by atoms with van der Waals surface area (Å²) in [6.45, 7) is 2.48. The molecule has 7 heteroatoms. The molecule has 0 aliphatic heterocycles. The van der Waals surface area contributed by atoms with E-state index in [9.17, 15) is 4.21 Å². The molecule has 0 aliphatic rings. The average molecular weight is 229 g/mol. The first-order valence-corrected chi connectivity index (χ1v) is 6.20. The summed E-state index contributed by atoms with van der Waals surface area (Å²) < 4.78 is 10.8. The molecule has 0 aromatic carbocycles. The lowest BCUT2D eigenvalue weighted by molar-refractivity contribution is 0.687. The predicted octanol–water partition coefficient (Wildman–Crippen LogP) is -0.139. The van der Waals surface area contributed by atoms with Crippen molar-refractivity contribution >= 4 is 22.4 Å². The van der Waals surface area contributed by atoms with Crippen molar-refractivity contribution in [1.29, 1.82) is 0 Å². The van der Waals surface area contributed by atoms with E-state index in [2.05, 4.69) is 20.7 Å². The monoisotopic (exact) mass is 229 g/mol. The molecule has 0 bridgehead atoms. The molecule has 15 heavy (non-hydrogen) atoms. The molecule has 1 unspecified atom stereocenters. The number of rotatable bonds is 5. The number of hydrogen-bond acceptors (Lipinski definition) is 6. The van der Waals surface area contributed by atoms with Gasteiger partial charge in [0.2, 0.25) is 0 Å². The van der Waals surface area contributed by atoms with E-state index < -0.39 is 10.8 Å². The topological polar surface area (TPSA) is 92.9 Å². The van der Waals surface area contributed by atoms with Crippen LogP contribution in [-0.4, -0.2) is 32.7 Å². The molecule has 6 nitrogen and oxygen atoms in total. The number of hydrazine groups is 1. The van der Waals surface area contributed by atoms with Crippen LogP contribution in [0.25, 0.3) is 0 Å². The van der Waals surface area contributed by atoms with E-state index in [1.807, 2.05) is 6.92 Å². The summed E-state index contributed by atoms with van der Waals surface area (Å²) in [4.78, 5) is 8.02. The molecule has 4 N–H and O–H groups in total. The molecule has 0 fully saturated rings. The zero-order chi connectivity index (χ0) is 11.3. The minimum atomic E-state index is -0.799. The van der Waals surface area contributed by atoms with Gasteiger partial charge in [0.15, 0.2) is 0 Å². The van der Waals surface area contributed by atoms with Gasteiger partial charge in [-0.15, -0.1) is 0 Å². The van der Waals surface area contributed by atoms with Crippen LogP contribution < -0.4 is 16.6 Å². The van der Waals surface area contributed by atoms with Gasteiger partial charge in [-0.25, -0.2) is 15.8 Å². The van der Waals surface area contributed by atoms with Crippen LogP contribution in [0.15, 0.2) is 6.33 Å². The van der Waals surface area contributed by atoms with Crippen LogP contribution in [0.2, 0.25) is 0 Å². The maximum absolute atomic E-state index is 10.8. The third-order valence-corrected chi connectivity index (χ3v) is 2.68. The van der Waals surface area contributed by atoms with Gasteiger partial charge < -0.3 is 10.7 Å². The summed E-state index contributed by atoms with van der Waals surface area (Å²) in [5.41, 5.74) is 3.33. The van der Waals surface area contributed by atoms with Gasteiger partial charge in [0.05, 0.1) is 0 Å². The van der Waals surface area contributed by atoms with E-state index in [0.717, 1.165) is 5.56 Å². The molecule has 0 saturated heterocycles. The van der Waals surface area contributed by atoms with Gasteiger partial charge in [0, 0.05) is 34.9 Å². The Balaban J connectivity index is 2.64. The van der Waals surface area contributed by atoms with Crippen molar-refractivity contribution in [1.82, 2.24) is 9.97 Å². The zero-order valence-electron chi connectivity index (χ0n) is 8.78. The van der Waals surface area contributed by atoms with Crippen LogP contribution in [0.3, 0.4) is 0 Å². The molecule has 0 amide bonds. The molecule has 1 aromatic rings. The SMILES string of the molecule is Cc1c(NN)ncnc1NCCS(C)=O. The van der Waals surface area contributed by atoms with Gasteiger partial charge in [-0.3, -0.25) is 4.21 Å². The van der Waals surface area contributed by atoms with Crippen molar-refractivity contribution in [2.24, 2.45) is 5.84 Å². The van der Waals surface area contributed by atoms with Crippen molar-refractivity contribution in [3.05, 3.63) is 11.9 Å². The Bertz CT molecular complexity index is 357. The van der Waals surface area contributed by atoms with Crippen molar-refractivity contribution in [2.75, 3.05) is 29.3 Å². The standard InChI is InChI=1S/C8H15N5OS/c1-6-7(10-3-4-15(2)14)11-5-12-8(6)13-9/h5H,3-4,9H2,1-2H3,(H2,10,11,12,13). The fourth-order valence-corrected chi connectivity index (χ4v) is 1.48. The van der Waals surface area contributed by atoms with Gasteiger partial charge in [-0.1, -0.05) is 0 Å². The maximum Gasteiger partial charge on any atom is 0.148 e. The lowest BCUT2D eigenvalue weighted by Gasteiger charge is -2.09. The van der Waals surface area contributed by atoms with Gasteiger partial charge in [-0.05, 0) is 6.92 Å². The Kier molecular flexibility index (Phi) is 4.44. The van der Waals surface area contributed by atoms with E-state index in [0.29, 0.717) is 23.9 Å². The molecular weight excluding hydrogens is 214 g/mol. The first-order chi connectivity index (χ1) is 7.15. The summed E-state index contributed by atoms with van der Waals surface area (Å²) in [5, 5.41) is 3.08. The molecule has 1 atom stereocenters. The molecule has 0 aliphatic carbocycles. The number of nitrogens with one attached hydrogen (secondary N) is 2. The predicted molar refractivity (Wildman–Crippen MR) is 62.0 cm³/mol. The first-order valence-electron chi connectivity index (χ1n) is 4.47. The highest BCUT2D eigenvalue weighted by Crippen LogP contribution is 2.16. The molecule has 0 spiro atoms. The molecular formula is C8H15N5OS. The van der Waals surface area contributed by atoms with Crippen LogP contribution in [-0.2, 0) is 10.8 Å². The van der Waals surface area contributed by atoms with E-state index in [4.69, 9.17) is 5.84 Å². The summed E-state index contributed by atoms with van der Waals surface area (Å²) in [7, 11) is -0.799. The summed E-state index contributed by atoms with van der Waals surface area (Å²) in [5.74, 6) is 7.17. The van der Waals surface area contributed by atoms with Crippen LogP contribution in [0, 0.1) is 6.92 Å². The highest BCUT2D eigenvalue weighted by Gasteiger charge is 2.04. The third-order valence-electron chi connectivity index (χ3n) is 1.90. The normalized spacial score (nSPS) is 12.2. The number of nitrogens with two attached hydrogens (primary N) is 1. The second-order valence-electron chi connectivity index (χ2n) is 3.04. The highest BCUT2D eigenvalue weighted by molar-refractivity contribution is 7.84. The number of aromatic nitrogens is 2. The van der Waals surface area contributed by atoms with Crippen LogP contribution in [0.1, 0.15) is 5.56 Å². The van der Waals surface area contributed by atoms with E-state index in [1.54, 1.807) is 6.26 Å². The van der Waals surface area contributed by atoms with Crippen LogP contribution >= 0.6 is 0 Å². The summed E-state index contributed by atoms with van der Waals surface area (Å²) in [6, 6.07) is 0. The van der Waals surface area contributed by atoms with Crippen molar-refractivity contribution in [3.8, 4) is 0 Å². The van der Waals surface area contributed by atoms with Crippen LogP contribution in [0.5, 0.6) is 0 Å². The molecule has 1 rings (SSSR count). The summed E-state index contributed by atoms with van der Waals surface area (Å²) >= 11 is 0. The fourth-order valence-electron chi connectivity index (χ4n) is 1.09. The van der Waals surface area contributed by atoms with Gasteiger partial charge in [0.25, 0.3) is 0 Å². The van der Waals surface area contributed by atoms with Gasteiger partial charge in [0.1, 0.15) is 18.0 Å². The molecule has 0 radical (unpaired) electrons. The van der Waals surface area contributed by atoms with E-state index in [1.165, 1.54) is 6.33 Å². The Morgan fingerprint density at radius 1 is 1.47 bits per heavy atom. The molecule has 84 valence electrons. The average Bonchev–Trinajstić information content (AvgIpc) is 2.20. The van der Waals surface area contributed by atoms with Gasteiger partial charge in [-0.2, -0.15) is 0 Å². The number of nitrogens with zero attached hydrogens (tertiary/aromatic N) is 2. The van der Waals surface area contributed by atoms with Crippen LogP contribution in [0.4, 0.5) is 11.6 Å². The number of anilines is 2. The number of nitrogen functional groups attached to an aromatic ring is 1. The lowest BCUT2D eigenvalue weighted by Crippen LogP contribution is -2.15.